The van der Waals surface area contributed by atoms with Crippen LogP contribution in [0.25, 0.3) is 0 Å². The number of rotatable bonds is 7. The van der Waals surface area contributed by atoms with Gasteiger partial charge in [0.25, 0.3) is 0 Å². The van der Waals surface area contributed by atoms with Gasteiger partial charge in [0.05, 0.1) is 20.3 Å². The molecule has 2 N–H and O–H groups in total. The minimum Gasteiger partial charge on any atom is -0.468 e. The fourth-order valence-electron chi connectivity index (χ4n) is 2.20. The molecule has 0 bridgehead atoms. The van der Waals surface area contributed by atoms with Crippen LogP contribution in [0.5, 0.6) is 0 Å². The summed E-state index contributed by atoms with van der Waals surface area (Å²) in [5.74, 6) is -0.397. The Labute approximate surface area is 130 Å². The number of ether oxygens (including phenoxy) is 2. The molecule has 0 aliphatic heterocycles. The van der Waals surface area contributed by atoms with Crippen molar-refractivity contribution in [1.82, 2.24) is 0 Å². The summed E-state index contributed by atoms with van der Waals surface area (Å²) in [6, 6.07) is 17.3. The predicted octanol–water partition coefficient (Wildman–Crippen LogP) is 2.45. The van der Waals surface area contributed by atoms with E-state index in [-0.39, 0.29) is 0 Å². The van der Waals surface area contributed by atoms with E-state index < -0.39 is 12.0 Å². The van der Waals surface area contributed by atoms with Crippen LogP contribution >= 0.6 is 0 Å². The van der Waals surface area contributed by atoms with E-state index in [1.54, 1.807) is 0 Å². The zero-order chi connectivity index (χ0) is 15.8. The normalized spacial score (nSPS) is 11.9. The summed E-state index contributed by atoms with van der Waals surface area (Å²) < 4.78 is 10.4. The molecule has 0 aliphatic carbocycles. The second-order valence-electron chi connectivity index (χ2n) is 5.13. The van der Waals surface area contributed by atoms with Crippen LogP contribution in [-0.4, -0.2) is 19.1 Å². The van der Waals surface area contributed by atoms with E-state index in [2.05, 4.69) is 4.74 Å². The average Bonchev–Trinajstić information content (AvgIpc) is 2.55. The van der Waals surface area contributed by atoms with Crippen molar-refractivity contribution >= 4 is 5.97 Å². The largest absolute Gasteiger partial charge is 0.468 e. The highest BCUT2D eigenvalue weighted by Gasteiger charge is 2.14. The van der Waals surface area contributed by atoms with Crippen LogP contribution in [0.3, 0.4) is 0 Å². The molecule has 116 valence electrons. The Morgan fingerprint density at radius 1 is 1.00 bits per heavy atom. The molecule has 0 saturated carbocycles. The van der Waals surface area contributed by atoms with Crippen LogP contribution in [0.1, 0.15) is 16.7 Å². The van der Waals surface area contributed by atoms with E-state index in [1.165, 1.54) is 7.11 Å². The van der Waals surface area contributed by atoms with Gasteiger partial charge < -0.3 is 15.2 Å². The van der Waals surface area contributed by atoms with Crippen LogP contribution in [0, 0.1) is 0 Å². The zero-order valence-corrected chi connectivity index (χ0v) is 12.7. The molecule has 4 heteroatoms. The van der Waals surface area contributed by atoms with Gasteiger partial charge in [0.15, 0.2) is 0 Å². The number of methoxy groups -OCH3 is 1. The summed E-state index contributed by atoms with van der Waals surface area (Å²) in [7, 11) is 1.34. The van der Waals surface area contributed by atoms with E-state index in [4.69, 9.17) is 10.5 Å². The van der Waals surface area contributed by atoms with Crippen LogP contribution in [0.15, 0.2) is 54.6 Å². The second kappa shape index (κ2) is 8.32. The summed E-state index contributed by atoms with van der Waals surface area (Å²) >= 11 is 0. The summed E-state index contributed by atoms with van der Waals surface area (Å²) in [5.41, 5.74) is 8.98. The monoisotopic (exact) mass is 299 g/mol. The van der Waals surface area contributed by atoms with Gasteiger partial charge in [0.1, 0.15) is 6.04 Å². The molecule has 0 aliphatic rings. The first kappa shape index (κ1) is 16.2. The molecule has 2 aromatic carbocycles. The van der Waals surface area contributed by atoms with Crippen LogP contribution in [-0.2, 0) is 33.9 Å². The lowest BCUT2D eigenvalue weighted by Crippen LogP contribution is -2.33. The minimum absolute atomic E-state index is 0.397. The maximum absolute atomic E-state index is 11.4. The maximum atomic E-state index is 11.4. The fourth-order valence-corrected chi connectivity index (χ4v) is 2.20. The van der Waals surface area contributed by atoms with Gasteiger partial charge in [-0.25, -0.2) is 0 Å². The van der Waals surface area contributed by atoms with Gasteiger partial charge >= 0.3 is 5.97 Å². The molecular weight excluding hydrogens is 278 g/mol. The van der Waals surface area contributed by atoms with E-state index in [1.807, 2.05) is 54.6 Å². The smallest absolute Gasteiger partial charge is 0.322 e. The molecule has 2 rings (SSSR count). The SMILES string of the molecule is COC(=O)[C@@H](N)Cc1cccc(COCc2ccccc2)c1. The van der Waals surface area contributed by atoms with Gasteiger partial charge in [-0.15, -0.1) is 0 Å². The molecule has 0 aromatic heterocycles. The van der Waals surface area contributed by atoms with E-state index in [0.29, 0.717) is 19.6 Å². The average molecular weight is 299 g/mol. The summed E-state index contributed by atoms with van der Waals surface area (Å²) in [5, 5.41) is 0. The molecule has 0 spiro atoms. The van der Waals surface area contributed by atoms with Crippen LogP contribution in [0.4, 0.5) is 0 Å². The summed E-state index contributed by atoms with van der Waals surface area (Å²) in [4.78, 5) is 11.4. The Kier molecular flexibility index (Phi) is 6.13. The molecule has 0 amide bonds. The third kappa shape index (κ3) is 4.98. The van der Waals surface area contributed by atoms with Crippen molar-refractivity contribution in [3.05, 3.63) is 71.3 Å². The van der Waals surface area contributed by atoms with Crippen molar-refractivity contribution in [2.75, 3.05) is 7.11 Å². The molecule has 0 unspecified atom stereocenters. The molecule has 4 nitrogen and oxygen atoms in total. The maximum Gasteiger partial charge on any atom is 0.322 e. The highest BCUT2D eigenvalue weighted by molar-refractivity contribution is 5.75. The quantitative estimate of drug-likeness (QED) is 0.798. The van der Waals surface area contributed by atoms with Gasteiger partial charge in [-0.3, -0.25) is 4.79 Å². The van der Waals surface area contributed by atoms with Crippen LogP contribution < -0.4 is 5.73 Å². The number of carbonyl (C=O) groups is 1. The predicted molar refractivity (Wildman–Crippen MR) is 85.1 cm³/mol. The lowest BCUT2D eigenvalue weighted by atomic mass is 10.0. The van der Waals surface area contributed by atoms with Gasteiger partial charge in [-0.05, 0) is 23.1 Å². The molecule has 22 heavy (non-hydrogen) atoms. The molecule has 0 fully saturated rings. The number of benzene rings is 2. The third-order valence-electron chi connectivity index (χ3n) is 3.33. The highest BCUT2D eigenvalue weighted by atomic mass is 16.5. The minimum atomic E-state index is -0.634. The van der Waals surface area contributed by atoms with E-state index in [9.17, 15) is 4.79 Å². The lowest BCUT2D eigenvalue weighted by molar-refractivity contribution is -0.142. The van der Waals surface area contributed by atoms with E-state index in [0.717, 1.165) is 16.7 Å². The summed E-state index contributed by atoms with van der Waals surface area (Å²) in [6.45, 7) is 1.10. The van der Waals surface area contributed by atoms with Crippen LogP contribution in [0.2, 0.25) is 0 Å². The van der Waals surface area contributed by atoms with Gasteiger partial charge in [0, 0.05) is 0 Å². The highest BCUT2D eigenvalue weighted by Crippen LogP contribution is 2.10. The molecule has 0 heterocycles. The van der Waals surface area contributed by atoms with Gasteiger partial charge in [0.2, 0.25) is 0 Å². The van der Waals surface area contributed by atoms with Gasteiger partial charge in [-0.1, -0.05) is 54.6 Å². The number of esters is 1. The lowest BCUT2D eigenvalue weighted by Gasteiger charge is -2.10. The number of hydrogen-bond donors (Lipinski definition) is 1. The fraction of sp³-hybridized carbons (Fsp3) is 0.278. The standard InChI is InChI=1S/C18H21NO3/c1-21-18(20)17(19)11-15-8-5-9-16(10-15)13-22-12-14-6-3-2-4-7-14/h2-10,17H,11-13,19H2,1H3/t17-/m0/s1. The number of hydrogen-bond acceptors (Lipinski definition) is 4. The first-order chi connectivity index (χ1) is 10.7. The Morgan fingerprint density at radius 2 is 1.64 bits per heavy atom. The molecule has 2 aromatic rings. The number of nitrogens with two attached hydrogens (primary N) is 1. The third-order valence-corrected chi connectivity index (χ3v) is 3.33. The van der Waals surface area contributed by atoms with Crippen molar-refractivity contribution in [2.24, 2.45) is 5.73 Å². The first-order valence-electron chi connectivity index (χ1n) is 7.22. The van der Waals surface area contributed by atoms with Crippen molar-refractivity contribution in [1.29, 1.82) is 0 Å². The van der Waals surface area contributed by atoms with Gasteiger partial charge in [-0.2, -0.15) is 0 Å². The van der Waals surface area contributed by atoms with Crippen molar-refractivity contribution in [3.8, 4) is 0 Å². The topological polar surface area (TPSA) is 61.5 Å². The Bertz CT molecular complexity index is 598. The zero-order valence-electron chi connectivity index (χ0n) is 12.7. The first-order valence-corrected chi connectivity index (χ1v) is 7.22. The molecule has 0 radical (unpaired) electrons. The van der Waals surface area contributed by atoms with Crippen molar-refractivity contribution in [3.63, 3.8) is 0 Å². The molecule has 0 saturated heterocycles. The second-order valence-corrected chi connectivity index (χ2v) is 5.13. The molecular formula is C18H21NO3. The van der Waals surface area contributed by atoms with Crippen molar-refractivity contribution in [2.45, 2.75) is 25.7 Å². The van der Waals surface area contributed by atoms with E-state index >= 15 is 0 Å². The number of carbonyl (C=O) groups excluding carboxylic acids is 1. The van der Waals surface area contributed by atoms with Crippen molar-refractivity contribution < 1.29 is 14.3 Å². The summed E-state index contributed by atoms with van der Waals surface area (Å²) in [6.07, 6.45) is 0.458. The Hall–Kier alpha value is -2.17. The molecule has 1 atom stereocenters. The Balaban J connectivity index is 1.87. The Morgan fingerprint density at radius 3 is 2.36 bits per heavy atom.